The summed E-state index contributed by atoms with van der Waals surface area (Å²) >= 11 is 0. The van der Waals surface area contributed by atoms with Gasteiger partial charge in [-0.2, -0.15) is 5.10 Å². The number of hydrogen-bond donors (Lipinski definition) is 3. The molecule has 3 unspecified atom stereocenters. The van der Waals surface area contributed by atoms with Crippen LogP contribution < -0.4 is 10.0 Å². The van der Waals surface area contributed by atoms with Crippen LogP contribution in [0.15, 0.2) is 11.2 Å². The molecule has 3 atom stereocenters. The molecule has 2 fully saturated rings. The second-order valence-corrected chi connectivity index (χ2v) is 7.75. The zero-order valence-corrected chi connectivity index (χ0v) is 13.1. The van der Waals surface area contributed by atoms with E-state index >= 15 is 0 Å². The largest absolute Gasteiger partial charge is 0.373 e. The first-order valence-electron chi connectivity index (χ1n) is 7.39. The van der Waals surface area contributed by atoms with Crippen molar-refractivity contribution in [3.63, 3.8) is 0 Å². The summed E-state index contributed by atoms with van der Waals surface area (Å²) in [7, 11) is -3.59. The molecule has 0 saturated carbocycles. The Bertz CT molecular complexity index is 598. The number of sulfonamides is 1. The van der Waals surface area contributed by atoms with Gasteiger partial charge in [0.05, 0.1) is 24.4 Å². The van der Waals surface area contributed by atoms with E-state index in [9.17, 15) is 8.42 Å². The van der Waals surface area contributed by atoms with Gasteiger partial charge >= 0.3 is 0 Å². The van der Waals surface area contributed by atoms with Crippen LogP contribution in [0, 0.1) is 0 Å². The minimum Gasteiger partial charge on any atom is -0.373 e. The van der Waals surface area contributed by atoms with Crippen LogP contribution in [0.25, 0.3) is 0 Å². The van der Waals surface area contributed by atoms with Gasteiger partial charge in [-0.05, 0) is 19.3 Å². The number of aromatic amines is 1. The van der Waals surface area contributed by atoms with E-state index in [-0.39, 0.29) is 29.3 Å². The Morgan fingerprint density at radius 1 is 1.48 bits per heavy atom. The standard InChI is InChI=1S/C13H22N4O3S/c1-8(2)14-6-9-7-15-16-13(9)21(18,19)17-11-5-10-3-4-12(11)20-10/h7-8,10-12,14,17H,3-6H2,1-2H3,(H,15,16). The lowest BCUT2D eigenvalue weighted by Gasteiger charge is -2.19. The van der Waals surface area contributed by atoms with Gasteiger partial charge in [0.15, 0.2) is 5.03 Å². The molecule has 3 rings (SSSR count). The molecular formula is C13H22N4O3S. The van der Waals surface area contributed by atoms with E-state index in [0.717, 1.165) is 19.3 Å². The summed E-state index contributed by atoms with van der Waals surface area (Å²) in [6.07, 6.45) is 4.52. The third-order valence-electron chi connectivity index (χ3n) is 4.06. The van der Waals surface area contributed by atoms with Gasteiger partial charge in [-0.3, -0.25) is 5.10 Å². The van der Waals surface area contributed by atoms with Gasteiger partial charge in [-0.25, -0.2) is 13.1 Å². The summed E-state index contributed by atoms with van der Waals surface area (Å²) in [6.45, 7) is 4.50. The van der Waals surface area contributed by atoms with Gasteiger partial charge in [-0.15, -0.1) is 0 Å². The molecule has 1 aromatic rings. The van der Waals surface area contributed by atoms with Crippen molar-refractivity contribution in [3.8, 4) is 0 Å². The Kier molecular flexibility index (Phi) is 4.04. The zero-order chi connectivity index (χ0) is 15.0. The molecule has 0 radical (unpaired) electrons. The summed E-state index contributed by atoms with van der Waals surface area (Å²) in [6, 6.07) is 0.158. The summed E-state index contributed by atoms with van der Waals surface area (Å²) in [4.78, 5) is 0. The lowest BCUT2D eigenvalue weighted by atomic mass is 9.96. The van der Waals surface area contributed by atoms with Crippen molar-refractivity contribution in [3.05, 3.63) is 11.8 Å². The van der Waals surface area contributed by atoms with E-state index < -0.39 is 10.0 Å². The molecule has 2 bridgehead atoms. The number of fused-ring (bicyclic) bond motifs is 2. The molecule has 8 heteroatoms. The molecule has 3 heterocycles. The Labute approximate surface area is 124 Å². The second-order valence-electron chi connectivity index (χ2n) is 6.10. The molecule has 2 saturated heterocycles. The molecule has 2 aliphatic rings. The topological polar surface area (TPSA) is 96.1 Å². The van der Waals surface area contributed by atoms with Crippen LogP contribution in [-0.4, -0.2) is 42.9 Å². The van der Waals surface area contributed by atoms with Crippen LogP contribution >= 0.6 is 0 Å². The number of aromatic nitrogens is 2. The quantitative estimate of drug-likeness (QED) is 0.711. The third kappa shape index (κ3) is 3.13. The van der Waals surface area contributed by atoms with Crippen molar-refractivity contribution < 1.29 is 13.2 Å². The minimum absolute atomic E-state index is 0.0185. The molecule has 7 nitrogen and oxygen atoms in total. The van der Waals surface area contributed by atoms with Crippen LogP contribution in [0.2, 0.25) is 0 Å². The van der Waals surface area contributed by atoms with E-state index in [0.29, 0.717) is 12.1 Å². The van der Waals surface area contributed by atoms with Crippen LogP contribution in [0.5, 0.6) is 0 Å². The van der Waals surface area contributed by atoms with E-state index in [2.05, 4.69) is 20.2 Å². The summed E-state index contributed by atoms with van der Waals surface area (Å²) < 4.78 is 33.5. The second kappa shape index (κ2) is 5.68. The van der Waals surface area contributed by atoms with Crippen molar-refractivity contribution in [1.29, 1.82) is 0 Å². The molecule has 21 heavy (non-hydrogen) atoms. The van der Waals surface area contributed by atoms with Crippen LogP contribution in [0.3, 0.4) is 0 Å². The molecule has 0 aliphatic carbocycles. The predicted molar refractivity (Wildman–Crippen MR) is 77.2 cm³/mol. The van der Waals surface area contributed by atoms with Crippen molar-refractivity contribution in [2.45, 2.75) is 69.0 Å². The van der Waals surface area contributed by atoms with Gasteiger partial charge in [-0.1, -0.05) is 13.8 Å². The number of hydrogen-bond acceptors (Lipinski definition) is 5. The molecule has 1 aromatic heterocycles. The van der Waals surface area contributed by atoms with Crippen molar-refractivity contribution >= 4 is 10.0 Å². The maximum atomic E-state index is 12.5. The fraction of sp³-hybridized carbons (Fsp3) is 0.769. The minimum atomic E-state index is -3.59. The summed E-state index contributed by atoms with van der Waals surface area (Å²) in [5.74, 6) is 0. The highest BCUT2D eigenvalue weighted by Gasteiger charge is 2.43. The first kappa shape index (κ1) is 15.0. The molecule has 3 N–H and O–H groups in total. The Morgan fingerprint density at radius 2 is 2.29 bits per heavy atom. The third-order valence-corrected chi connectivity index (χ3v) is 5.56. The molecule has 118 valence electrons. The van der Waals surface area contributed by atoms with E-state index in [4.69, 9.17) is 4.74 Å². The number of nitrogens with zero attached hydrogens (tertiary/aromatic N) is 1. The van der Waals surface area contributed by atoms with Crippen LogP contribution in [0.1, 0.15) is 38.7 Å². The maximum absolute atomic E-state index is 12.5. The highest BCUT2D eigenvalue weighted by Crippen LogP contribution is 2.35. The Balaban J connectivity index is 1.71. The normalized spacial score (nSPS) is 28.6. The average Bonchev–Trinajstić information content (AvgIpc) is 3.11. The Morgan fingerprint density at radius 3 is 2.90 bits per heavy atom. The number of H-pyrrole nitrogens is 1. The van der Waals surface area contributed by atoms with Crippen molar-refractivity contribution in [2.75, 3.05) is 0 Å². The lowest BCUT2D eigenvalue weighted by molar-refractivity contribution is 0.0996. The molecular weight excluding hydrogens is 292 g/mol. The predicted octanol–water partition coefficient (Wildman–Crippen LogP) is 0.506. The molecule has 0 aromatic carbocycles. The first-order chi connectivity index (χ1) is 9.95. The monoisotopic (exact) mass is 314 g/mol. The van der Waals surface area contributed by atoms with Gasteiger partial charge in [0, 0.05) is 18.2 Å². The fourth-order valence-electron chi connectivity index (χ4n) is 2.99. The van der Waals surface area contributed by atoms with Crippen molar-refractivity contribution in [1.82, 2.24) is 20.2 Å². The summed E-state index contributed by atoms with van der Waals surface area (Å²) in [5.41, 5.74) is 0.653. The van der Waals surface area contributed by atoms with Gasteiger partial charge in [0.1, 0.15) is 0 Å². The lowest BCUT2D eigenvalue weighted by Crippen LogP contribution is -2.41. The van der Waals surface area contributed by atoms with E-state index in [1.807, 2.05) is 13.8 Å². The smallest absolute Gasteiger partial charge is 0.258 e. The number of ether oxygens (including phenoxy) is 1. The maximum Gasteiger partial charge on any atom is 0.258 e. The van der Waals surface area contributed by atoms with Crippen molar-refractivity contribution in [2.24, 2.45) is 0 Å². The number of rotatable bonds is 6. The highest BCUT2D eigenvalue weighted by molar-refractivity contribution is 7.89. The van der Waals surface area contributed by atoms with Gasteiger partial charge in [0.2, 0.25) is 0 Å². The highest BCUT2D eigenvalue weighted by atomic mass is 32.2. The average molecular weight is 314 g/mol. The van der Waals surface area contributed by atoms with Gasteiger partial charge < -0.3 is 10.1 Å². The summed E-state index contributed by atoms with van der Waals surface area (Å²) in [5, 5.41) is 9.84. The van der Waals surface area contributed by atoms with E-state index in [1.165, 1.54) is 0 Å². The fourth-order valence-corrected chi connectivity index (χ4v) is 4.40. The van der Waals surface area contributed by atoms with E-state index in [1.54, 1.807) is 6.20 Å². The molecule has 0 amide bonds. The molecule has 0 spiro atoms. The Hall–Kier alpha value is -0.960. The van der Waals surface area contributed by atoms with Crippen LogP contribution in [-0.2, 0) is 21.3 Å². The molecule has 2 aliphatic heterocycles. The first-order valence-corrected chi connectivity index (χ1v) is 8.87. The number of nitrogens with one attached hydrogen (secondary N) is 3. The SMILES string of the molecule is CC(C)NCc1cn[nH]c1S(=O)(=O)NC1CC2CCC1O2. The van der Waals surface area contributed by atoms with Gasteiger partial charge in [0.25, 0.3) is 10.0 Å². The van der Waals surface area contributed by atoms with Crippen LogP contribution in [0.4, 0.5) is 0 Å². The zero-order valence-electron chi connectivity index (χ0n) is 12.3.